The lowest BCUT2D eigenvalue weighted by molar-refractivity contribution is 0.0894. The summed E-state index contributed by atoms with van der Waals surface area (Å²) in [5, 5.41) is 4.06. The van der Waals surface area contributed by atoms with Crippen LogP contribution < -0.4 is 0 Å². The standard InChI is InChI=1S/C19H25N3O4S/c1-14-6-2-3-8-17(14)27(23,24)22-11-5-4-7-16(22)19-20-18(26-21-19)13-25-12-15-9-10-15/h2-3,6,8,15-16H,4-5,7,9-13H2,1H3. The van der Waals surface area contributed by atoms with Crippen molar-refractivity contribution in [2.75, 3.05) is 13.2 Å². The zero-order valence-corrected chi connectivity index (χ0v) is 16.3. The van der Waals surface area contributed by atoms with Crippen molar-refractivity contribution in [3.63, 3.8) is 0 Å². The molecule has 0 spiro atoms. The third kappa shape index (κ3) is 4.07. The van der Waals surface area contributed by atoms with Crippen molar-refractivity contribution in [1.29, 1.82) is 0 Å². The molecule has 2 fully saturated rings. The van der Waals surface area contributed by atoms with Crippen LogP contribution in [0.15, 0.2) is 33.7 Å². The van der Waals surface area contributed by atoms with Crippen molar-refractivity contribution in [3.05, 3.63) is 41.5 Å². The van der Waals surface area contributed by atoms with Gasteiger partial charge in [0, 0.05) is 6.54 Å². The van der Waals surface area contributed by atoms with Crippen molar-refractivity contribution >= 4 is 10.0 Å². The molecule has 8 heteroatoms. The van der Waals surface area contributed by atoms with Crippen molar-refractivity contribution in [1.82, 2.24) is 14.4 Å². The van der Waals surface area contributed by atoms with Gasteiger partial charge in [0.05, 0.1) is 17.5 Å². The Balaban J connectivity index is 1.54. The van der Waals surface area contributed by atoms with Gasteiger partial charge in [0.25, 0.3) is 5.89 Å². The number of benzene rings is 1. The summed E-state index contributed by atoms with van der Waals surface area (Å²) in [5.74, 6) is 1.50. The van der Waals surface area contributed by atoms with E-state index in [1.54, 1.807) is 12.1 Å². The SMILES string of the molecule is Cc1ccccc1S(=O)(=O)N1CCCCC1c1noc(COCC2CC2)n1. The van der Waals surface area contributed by atoms with Crippen LogP contribution in [0.1, 0.15) is 55.4 Å². The Morgan fingerprint density at radius 2 is 2.04 bits per heavy atom. The van der Waals surface area contributed by atoms with Crippen molar-refractivity contribution < 1.29 is 17.7 Å². The molecule has 0 N–H and O–H groups in total. The van der Waals surface area contributed by atoms with Gasteiger partial charge in [0.2, 0.25) is 10.0 Å². The number of sulfonamides is 1. The van der Waals surface area contributed by atoms with E-state index in [0.29, 0.717) is 35.5 Å². The summed E-state index contributed by atoms with van der Waals surface area (Å²) in [5.41, 5.74) is 0.740. The molecule has 1 saturated heterocycles. The highest BCUT2D eigenvalue weighted by Gasteiger charge is 2.37. The van der Waals surface area contributed by atoms with Gasteiger partial charge in [-0.25, -0.2) is 8.42 Å². The topological polar surface area (TPSA) is 85.5 Å². The molecular weight excluding hydrogens is 366 g/mol. The minimum absolute atomic E-state index is 0.279. The van der Waals surface area contributed by atoms with Gasteiger partial charge >= 0.3 is 0 Å². The number of hydrogen-bond acceptors (Lipinski definition) is 6. The zero-order chi connectivity index (χ0) is 18.9. The number of ether oxygens (including phenoxy) is 1. The van der Waals surface area contributed by atoms with Gasteiger partial charge in [-0.3, -0.25) is 0 Å². The van der Waals surface area contributed by atoms with E-state index < -0.39 is 16.1 Å². The molecule has 1 aliphatic carbocycles. The minimum Gasteiger partial charge on any atom is -0.371 e. The Morgan fingerprint density at radius 1 is 1.22 bits per heavy atom. The van der Waals surface area contributed by atoms with Crippen molar-refractivity contribution in [3.8, 4) is 0 Å². The lowest BCUT2D eigenvalue weighted by Crippen LogP contribution is -2.39. The van der Waals surface area contributed by atoms with Crippen LogP contribution in [0.3, 0.4) is 0 Å². The molecule has 0 radical (unpaired) electrons. The lowest BCUT2D eigenvalue weighted by Gasteiger charge is -2.33. The Kier molecular flexibility index (Phi) is 5.29. The maximum absolute atomic E-state index is 13.3. The van der Waals surface area contributed by atoms with Crippen LogP contribution in [-0.2, 0) is 21.4 Å². The Bertz CT molecular complexity index is 892. The van der Waals surface area contributed by atoms with Gasteiger partial charge in [0.15, 0.2) is 5.82 Å². The molecule has 7 nitrogen and oxygen atoms in total. The molecule has 1 aromatic heterocycles. The third-order valence-corrected chi connectivity index (χ3v) is 7.26. The quantitative estimate of drug-likeness (QED) is 0.720. The van der Waals surface area contributed by atoms with Crippen molar-refractivity contribution in [2.24, 2.45) is 5.92 Å². The molecule has 2 heterocycles. The van der Waals surface area contributed by atoms with Crippen molar-refractivity contribution in [2.45, 2.75) is 56.6 Å². The molecule has 2 aliphatic rings. The molecule has 0 bridgehead atoms. The zero-order valence-electron chi connectivity index (χ0n) is 15.5. The van der Waals surface area contributed by atoms with E-state index in [4.69, 9.17) is 9.26 Å². The number of aryl methyl sites for hydroxylation is 1. The number of piperidine rings is 1. The number of aromatic nitrogens is 2. The predicted octanol–water partition coefficient (Wildman–Crippen LogP) is 3.22. The summed E-state index contributed by atoms with van der Waals surface area (Å²) in [6.07, 6.45) is 4.90. The highest BCUT2D eigenvalue weighted by atomic mass is 32.2. The number of nitrogens with zero attached hydrogens (tertiary/aromatic N) is 3. The molecule has 1 unspecified atom stereocenters. The monoisotopic (exact) mass is 391 g/mol. The summed E-state index contributed by atoms with van der Waals surface area (Å²) in [4.78, 5) is 4.76. The first-order valence-corrected chi connectivity index (χ1v) is 11.0. The maximum atomic E-state index is 13.3. The Labute approximate surface area is 159 Å². The Hall–Kier alpha value is -1.77. The largest absolute Gasteiger partial charge is 0.371 e. The highest BCUT2D eigenvalue weighted by Crippen LogP contribution is 2.35. The van der Waals surface area contributed by atoms with Crippen LogP contribution in [0.4, 0.5) is 0 Å². The van der Waals surface area contributed by atoms with E-state index in [1.165, 1.54) is 17.1 Å². The van der Waals surface area contributed by atoms with Crippen LogP contribution in [0.2, 0.25) is 0 Å². The maximum Gasteiger partial charge on any atom is 0.252 e. The van der Waals surface area contributed by atoms with Crippen LogP contribution in [0, 0.1) is 12.8 Å². The first kappa shape index (κ1) is 18.6. The average Bonchev–Trinajstić information content (AvgIpc) is 3.37. The molecule has 0 amide bonds. The second-order valence-electron chi connectivity index (χ2n) is 7.40. The van der Waals surface area contributed by atoms with Gasteiger partial charge in [-0.2, -0.15) is 9.29 Å². The molecule has 27 heavy (non-hydrogen) atoms. The van der Waals surface area contributed by atoms with Gasteiger partial charge < -0.3 is 9.26 Å². The fraction of sp³-hybridized carbons (Fsp3) is 0.579. The minimum atomic E-state index is -3.62. The third-order valence-electron chi connectivity index (χ3n) is 5.19. The second-order valence-corrected chi connectivity index (χ2v) is 9.26. The molecule has 1 saturated carbocycles. The second kappa shape index (κ2) is 7.69. The van der Waals surface area contributed by atoms with Crippen LogP contribution in [-0.4, -0.2) is 36.0 Å². The van der Waals surface area contributed by atoms with E-state index in [1.807, 2.05) is 19.1 Å². The normalized spacial score (nSPS) is 21.4. The molecule has 1 atom stereocenters. The van der Waals surface area contributed by atoms with Gasteiger partial charge in [-0.1, -0.05) is 29.8 Å². The average molecular weight is 391 g/mol. The summed E-state index contributed by atoms with van der Waals surface area (Å²) in [6, 6.07) is 6.67. The molecule has 2 aromatic rings. The Morgan fingerprint density at radius 3 is 2.81 bits per heavy atom. The number of hydrogen-bond donors (Lipinski definition) is 0. The van der Waals surface area contributed by atoms with Crippen LogP contribution >= 0.6 is 0 Å². The molecular formula is C19H25N3O4S. The van der Waals surface area contributed by atoms with E-state index >= 15 is 0 Å². The van der Waals surface area contributed by atoms with Crippen LogP contribution in [0.25, 0.3) is 0 Å². The lowest BCUT2D eigenvalue weighted by atomic mass is 10.0. The van der Waals surface area contributed by atoms with Gasteiger partial charge in [0.1, 0.15) is 6.61 Å². The molecule has 146 valence electrons. The van der Waals surface area contributed by atoms with E-state index in [2.05, 4.69) is 10.1 Å². The first-order chi connectivity index (χ1) is 13.1. The first-order valence-electron chi connectivity index (χ1n) is 9.53. The van der Waals surface area contributed by atoms with E-state index in [-0.39, 0.29) is 6.61 Å². The molecule has 1 aliphatic heterocycles. The van der Waals surface area contributed by atoms with Gasteiger partial charge in [-0.15, -0.1) is 0 Å². The highest BCUT2D eigenvalue weighted by molar-refractivity contribution is 7.89. The predicted molar refractivity (Wildman–Crippen MR) is 98.3 cm³/mol. The van der Waals surface area contributed by atoms with E-state index in [9.17, 15) is 8.42 Å². The molecule has 4 rings (SSSR count). The fourth-order valence-corrected chi connectivity index (χ4v) is 5.36. The summed E-state index contributed by atoms with van der Waals surface area (Å²) < 4.78 is 39.0. The number of rotatable bonds is 7. The van der Waals surface area contributed by atoms with Gasteiger partial charge in [-0.05, 0) is 50.2 Å². The summed E-state index contributed by atoms with van der Waals surface area (Å²) in [7, 11) is -3.62. The van der Waals surface area contributed by atoms with Crippen LogP contribution in [0.5, 0.6) is 0 Å². The smallest absolute Gasteiger partial charge is 0.252 e. The summed E-state index contributed by atoms with van der Waals surface area (Å²) >= 11 is 0. The molecule has 1 aromatic carbocycles. The fourth-order valence-electron chi connectivity index (χ4n) is 3.48. The van der Waals surface area contributed by atoms with E-state index in [0.717, 1.165) is 25.0 Å². The summed E-state index contributed by atoms with van der Waals surface area (Å²) in [6.45, 7) is 3.27.